The van der Waals surface area contributed by atoms with E-state index in [4.69, 9.17) is 20.1 Å². The fourth-order valence-corrected chi connectivity index (χ4v) is 3.28. The number of hydrogen-bond acceptors (Lipinski definition) is 9. The number of carbonyl (C=O) groups is 4. The number of benzene rings is 4. The Hall–Kier alpha value is -6.24. The van der Waals surface area contributed by atoms with E-state index in [1.807, 2.05) is 0 Å². The first kappa shape index (κ1) is 35.0. The number of aromatic carboxylic acids is 1. The summed E-state index contributed by atoms with van der Waals surface area (Å²) < 4.78 is 0. The summed E-state index contributed by atoms with van der Waals surface area (Å²) in [7, 11) is 0. The number of azo groups is 2. The number of phenols is 1. The molecule has 13 heteroatoms. The van der Waals surface area contributed by atoms with Crippen LogP contribution in [0.3, 0.4) is 0 Å². The number of rotatable bonds is 7. The number of hydrogen-bond donors (Lipinski definition) is 5. The average molecular weight is 613 g/mol. The summed E-state index contributed by atoms with van der Waals surface area (Å²) in [5.74, 6) is -1.89. The normalized spacial score (nSPS) is 10.2. The van der Waals surface area contributed by atoms with Crippen LogP contribution in [0.25, 0.3) is 0 Å². The Labute approximate surface area is 259 Å². The molecule has 13 nitrogen and oxygen atoms in total. The number of carbonyl (C=O) groups excluding carboxylic acids is 2. The molecule has 0 saturated heterocycles. The SMILES string of the molecule is CC(=O)Nc1ccc(N=Nc2ccc(C)c(C(=O)O)c2)cc1.CC(=O)Nc1ccc(N=Nc2ccc(O)cc2)cc1.CC(=O)O. The second kappa shape index (κ2) is 17.7. The number of amides is 2. The number of carboxylic acid groups (broad SMARTS) is 2. The van der Waals surface area contributed by atoms with E-state index in [0.29, 0.717) is 34.0 Å². The van der Waals surface area contributed by atoms with Crippen molar-refractivity contribution >= 4 is 57.9 Å². The Balaban J connectivity index is 0.000000283. The number of anilines is 2. The van der Waals surface area contributed by atoms with Crippen LogP contribution in [0.2, 0.25) is 0 Å². The van der Waals surface area contributed by atoms with Crippen molar-refractivity contribution in [2.24, 2.45) is 20.5 Å². The van der Waals surface area contributed by atoms with Crippen LogP contribution in [0.1, 0.15) is 36.7 Å². The Morgan fingerprint density at radius 3 is 1.24 bits per heavy atom. The highest BCUT2D eigenvalue weighted by Gasteiger charge is 2.07. The van der Waals surface area contributed by atoms with Gasteiger partial charge in [-0.3, -0.25) is 14.4 Å². The first-order valence-corrected chi connectivity index (χ1v) is 13.2. The zero-order valence-electron chi connectivity index (χ0n) is 24.9. The second-order valence-corrected chi connectivity index (χ2v) is 9.20. The maximum absolute atomic E-state index is 11.1. The van der Waals surface area contributed by atoms with E-state index < -0.39 is 11.9 Å². The molecule has 0 unspecified atom stereocenters. The van der Waals surface area contributed by atoms with Gasteiger partial charge in [-0.15, -0.1) is 0 Å². The third kappa shape index (κ3) is 14.0. The molecule has 0 aliphatic rings. The number of phenolic OH excluding ortho intramolecular Hbond substituents is 1. The van der Waals surface area contributed by atoms with Crippen molar-refractivity contribution < 1.29 is 34.5 Å². The summed E-state index contributed by atoms with van der Waals surface area (Å²) >= 11 is 0. The van der Waals surface area contributed by atoms with Crippen LogP contribution >= 0.6 is 0 Å². The van der Waals surface area contributed by atoms with Crippen LogP contribution in [0, 0.1) is 6.92 Å². The van der Waals surface area contributed by atoms with Crippen LogP contribution in [0.15, 0.2) is 111 Å². The average Bonchev–Trinajstić information content (AvgIpc) is 2.97. The van der Waals surface area contributed by atoms with Gasteiger partial charge in [0, 0.05) is 32.1 Å². The summed E-state index contributed by atoms with van der Waals surface area (Å²) in [5.41, 5.74) is 4.68. The van der Waals surface area contributed by atoms with Crippen molar-refractivity contribution in [3.63, 3.8) is 0 Å². The first-order chi connectivity index (χ1) is 21.3. The van der Waals surface area contributed by atoms with Gasteiger partial charge in [0.05, 0.1) is 28.3 Å². The van der Waals surface area contributed by atoms with Crippen molar-refractivity contribution in [1.29, 1.82) is 0 Å². The molecule has 232 valence electrons. The van der Waals surface area contributed by atoms with Gasteiger partial charge >= 0.3 is 5.97 Å². The fourth-order valence-electron chi connectivity index (χ4n) is 3.28. The van der Waals surface area contributed by atoms with Crippen LogP contribution in [0.4, 0.5) is 34.1 Å². The number of aliphatic carboxylic acids is 1. The van der Waals surface area contributed by atoms with E-state index in [2.05, 4.69) is 31.1 Å². The van der Waals surface area contributed by atoms with Gasteiger partial charge in [0.1, 0.15) is 5.75 Å². The molecule has 5 N–H and O–H groups in total. The molecule has 0 aromatic heterocycles. The van der Waals surface area contributed by atoms with Gasteiger partial charge in [0.2, 0.25) is 11.8 Å². The molecule has 4 rings (SSSR count). The zero-order chi connectivity index (χ0) is 33.4. The smallest absolute Gasteiger partial charge is 0.336 e. The third-order valence-electron chi connectivity index (χ3n) is 5.24. The number of nitrogens with one attached hydrogen (secondary N) is 2. The lowest BCUT2D eigenvalue weighted by Crippen LogP contribution is -2.04. The van der Waals surface area contributed by atoms with Crippen molar-refractivity contribution in [3.05, 3.63) is 102 Å². The Morgan fingerprint density at radius 1 is 0.556 bits per heavy atom. The lowest BCUT2D eigenvalue weighted by Gasteiger charge is -2.02. The van der Waals surface area contributed by atoms with Gasteiger partial charge in [-0.05, 0) is 97.4 Å². The lowest BCUT2D eigenvalue weighted by molar-refractivity contribution is -0.134. The van der Waals surface area contributed by atoms with Crippen LogP contribution in [-0.4, -0.2) is 39.1 Å². The number of aromatic hydroxyl groups is 1. The molecule has 0 aliphatic heterocycles. The molecule has 0 heterocycles. The molecule has 0 fully saturated rings. The van der Waals surface area contributed by atoms with Crippen LogP contribution in [0.5, 0.6) is 5.75 Å². The molecule has 4 aromatic rings. The summed E-state index contributed by atoms with van der Waals surface area (Å²) in [4.78, 5) is 41.9. The molecule has 0 atom stereocenters. The van der Waals surface area contributed by atoms with Gasteiger partial charge in [0.15, 0.2) is 0 Å². The molecule has 45 heavy (non-hydrogen) atoms. The highest BCUT2D eigenvalue weighted by atomic mass is 16.4. The van der Waals surface area contributed by atoms with Gasteiger partial charge in [-0.25, -0.2) is 4.79 Å². The molecule has 0 aliphatic carbocycles. The highest BCUT2D eigenvalue weighted by molar-refractivity contribution is 5.90. The van der Waals surface area contributed by atoms with E-state index >= 15 is 0 Å². The van der Waals surface area contributed by atoms with Crippen molar-refractivity contribution in [1.82, 2.24) is 0 Å². The quantitative estimate of drug-likeness (QED) is 0.130. The molecule has 0 spiro atoms. The summed E-state index contributed by atoms with van der Waals surface area (Å²) in [5, 5.41) is 47.1. The summed E-state index contributed by atoms with van der Waals surface area (Å²) in [6.07, 6.45) is 0. The van der Waals surface area contributed by atoms with E-state index in [1.165, 1.54) is 19.9 Å². The Morgan fingerprint density at radius 2 is 0.889 bits per heavy atom. The number of nitrogens with zero attached hydrogens (tertiary/aromatic N) is 4. The topological polar surface area (TPSA) is 202 Å². The summed E-state index contributed by atoms with van der Waals surface area (Å²) in [6, 6.07) is 25.2. The zero-order valence-corrected chi connectivity index (χ0v) is 24.9. The molecule has 4 aromatic carbocycles. The Bertz CT molecular complexity index is 1660. The predicted octanol–water partition coefficient (Wildman–Crippen LogP) is 7.92. The highest BCUT2D eigenvalue weighted by Crippen LogP contribution is 2.23. The molecule has 0 bridgehead atoms. The predicted molar refractivity (Wildman–Crippen MR) is 169 cm³/mol. The maximum Gasteiger partial charge on any atom is 0.336 e. The molecular formula is C32H32N6O7. The lowest BCUT2D eigenvalue weighted by atomic mass is 10.1. The molecule has 0 radical (unpaired) electrons. The van der Waals surface area contributed by atoms with E-state index in [1.54, 1.807) is 91.9 Å². The minimum atomic E-state index is -0.991. The van der Waals surface area contributed by atoms with Crippen molar-refractivity contribution in [3.8, 4) is 5.75 Å². The van der Waals surface area contributed by atoms with Crippen molar-refractivity contribution in [2.45, 2.75) is 27.7 Å². The Kier molecular flexibility index (Phi) is 13.7. The van der Waals surface area contributed by atoms with E-state index in [9.17, 15) is 14.4 Å². The van der Waals surface area contributed by atoms with Crippen LogP contribution in [-0.2, 0) is 14.4 Å². The van der Waals surface area contributed by atoms with Crippen LogP contribution < -0.4 is 10.6 Å². The molecule has 2 amide bonds. The van der Waals surface area contributed by atoms with Gasteiger partial charge < -0.3 is 26.0 Å². The van der Waals surface area contributed by atoms with Gasteiger partial charge in [0.25, 0.3) is 5.97 Å². The second-order valence-electron chi connectivity index (χ2n) is 9.20. The van der Waals surface area contributed by atoms with Gasteiger partial charge in [-0.2, -0.15) is 20.5 Å². The van der Waals surface area contributed by atoms with Crippen molar-refractivity contribution in [2.75, 3.05) is 10.6 Å². The maximum atomic E-state index is 11.1. The van der Waals surface area contributed by atoms with E-state index in [-0.39, 0.29) is 23.1 Å². The number of aryl methyl sites for hydroxylation is 1. The fraction of sp³-hybridized carbons (Fsp3) is 0.125. The minimum Gasteiger partial charge on any atom is -0.508 e. The van der Waals surface area contributed by atoms with Gasteiger partial charge in [-0.1, -0.05) is 6.07 Å². The first-order valence-electron chi connectivity index (χ1n) is 13.2. The standard InChI is InChI=1S/C16H15N3O3.C14H13N3O2.C2H4O2/c1-10-3-4-14(9-15(10)16(21)22)19-18-13-7-5-12(6-8-13)17-11(2)20;1-10(18)15-11-2-4-12(5-3-11)16-17-13-6-8-14(19)9-7-13;1-2(3)4/h3-9H,1-2H3,(H,17,20)(H,21,22);2-9,19H,1H3,(H,15,18);1H3,(H,3,4). The molecular weight excluding hydrogens is 580 g/mol. The number of carboxylic acids is 2. The minimum absolute atomic E-state index is 0.113. The largest absolute Gasteiger partial charge is 0.508 e. The third-order valence-corrected chi connectivity index (χ3v) is 5.24. The summed E-state index contributed by atoms with van der Waals surface area (Å²) in [6.45, 7) is 5.70. The monoisotopic (exact) mass is 612 g/mol. The molecule has 0 saturated carbocycles. The van der Waals surface area contributed by atoms with E-state index in [0.717, 1.165) is 12.6 Å².